The van der Waals surface area contributed by atoms with E-state index in [9.17, 15) is 0 Å². The second-order valence-electron chi connectivity index (χ2n) is 8.14. The minimum absolute atomic E-state index is 0.211. The maximum absolute atomic E-state index is 6.11. The highest BCUT2D eigenvalue weighted by molar-refractivity contribution is 6.30. The molecule has 5 heteroatoms. The van der Waals surface area contributed by atoms with Crippen LogP contribution < -0.4 is 14.4 Å². The summed E-state index contributed by atoms with van der Waals surface area (Å²) < 4.78 is 10.6. The van der Waals surface area contributed by atoms with E-state index in [1.165, 1.54) is 5.56 Å². The summed E-state index contributed by atoms with van der Waals surface area (Å²) in [6, 6.07) is 32.8. The summed E-state index contributed by atoms with van der Waals surface area (Å²) in [7, 11) is 3.35. The van der Waals surface area contributed by atoms with Crippen molar-refractivity contribution < 1.29 is 9.47 Å². The van der Waals surface area contributed by atoms with Crippen molar-refractivity contribution in [2.45, 2.75) is 12.5 Å². The van der Waals surface area contributed by atoms with Crippen LogP contribution in [0, 0.1) is 0 Å². The van der Waals surface area contributed by atoms with Crippen molar-refractivity contribution in [3.63, 3.8) is 0 Å². The molecule has 0 aromatic heterocycles. The summed E-state index contributed by atoms with van der Waals surface area (Å²) in [4.78, 5) is 7.26. The number of ether oxygens (including phenoxy) is 2. The fourth-order valence-electron chi connectivity index (χ4n) is 4.21. The summed E-state index contributed by atoms with van der Waals surface area (Å²) in [5, 5.41) is 0.741. The van der Waals surface area contributed by atoms with Crippen molar-refractivity contribution in [1.29, 1.82) is 0 Å². The fraction of sp³-hybridized carbons (Fsp3) is 0.138. The van der Waals surface area contributed by atoms with Crippen LogP contribution in [0.1, 0.15) is 18.0 Å². The maximum atomic E-state index is 6.11. The molecule has 1 aliphatic heterocycles. The molecule has 0 radical (unpaired) electrons. The van der Waals surface area contributed by atoms with E-state index in [0.29, 0.717) is 0 Å². The molecule has 1 unspecified atom stereocenters. The number of nitrogens with zero attached hydrogens (tertiary/aromatic N) is 2. The standard InChI is InChI=1S/C29H25ClN2O2/c1-33-26-15-7-21(8-16-26)20-5-11-24(12-6-20)31-29-19-28(22-3-9-23(30)10-4-22)32(29)25-13-17-27(34-2)18-14-25/h3-18,28H,19H2,1-2H3/b31-29+. The molecule has 4 nitrogen and oxygen atoms in total. The Morgan fingerprint density at radius 3 is 1.79 bits per heavy atom. The number of hydrogen-bond acceptors (Lipinski definition) is 3. The lowest BCUT2D eigenvalue weighted by Gasteiger charge is -2.44. The first-order valence-corrected chi connectivity index (χ1v) is 11.5. The molecule has 0 spiro atoms. The molecule has 0 N–H and O–H groups in total. The predicted molar refractivity (Wildman–Crippen MR) is 140 cm³/mol. The van der Waals surface area contributed by atoms with Crippen LogP contribution in [0.3, 0.4) is 0 Å². The Bertz CT molecular complexity index is 1280. The SMILES string of the molecule is COc1ccc(-c2ccc(/N=C3\CC(c4ccc(Cl)cc4)N3c3ccc(OC)cc3)cc2)cc1. The van der Waals surface area contributed by atoms with E-state index in [0.717, 1.165) is 51.3 Å². The third kappa shape index (κ3) is 4.50. The van der Waals surface area contributed by atoms with Crippen LogP contribution in [-0.4, -0.2) is 20.1 Å². The summed E-state index contributed by atoms with van der Waals surface area (Å²) >= 11 is 6.11. The van der Waals surface area contributed by atoms with Gasteiger partial charge in [-0.25, -0.2) is 4.99 Å². The first kappa shape index (κ1) is 22.1. The highest BCUT2D eigenvalue weighted by Crippen LogP contribution is 2.41. The Balaban J connectivity index is 1.42. The third-order valence-corrected chi connectivity index (χ3v) is 6.37. The summed E-state index contributed by atoms with van der Waals surface area (Å²) in [6.45, 7) is 0. The molecule has 5 rings (SSSR count). The highest BCUT2D eigenvalue weighted by atomic mass is 35.5. The smallest absolute Gasteiger partial charge is 0.119 e. The van der Waals surface area contributed by atoms with Crippen LogP contribution in [0.15, 0.2) is 102 Å². The summed E-state index contributed by atoms with van der Waals surface area (Å²) in [6.07, 6.45) is 0.855. The first-order valence-electron chi connectivity index (χ1n) is 11.2. The number of aliphatic imine (C=N–C) groups is 1. The first-order chi connectivity index (χ1) is 16.6. The number of hydrogen-bond donors (Lipinski definition) is 0. The molecule has 1 heterocycles. The van der Waals surface area contributed by atoms with Crippen LogP contribution in [0.2, 0.25) is 5.02 Å². The average molecular weight is 469 g/mol. The van der Waals surface area contributed by atoms with Crippen LogP contribution in [-0.2, 0) is 0 Å². The molecule has 0 amide bonds. The molecule has 170 valence electrons. The molecule has 4 aromatic carbocycles. The Labute approximate surface area is 205 Å². The van der Waals surface area contributed by atoms with E-state index < -0.39 is 0 Å². The van der Waals surface area contributed by atoms with E-state index in [2.05, 4.69) is 65.6 Å². The zero-order valence-corrected chi connectivity index (χ0v) is 19.9. The van der Waals surface area contributed by atoms with Gasteiger partial charge in [0, 0.05) is 17.1 Å². The summed E-state index contributed by atoms with van der Waals surface area (Å²) in [5.74, 6) is 2.72. The van der Waals surface area contributed by atoms with Gasteiger partial charge in [-0.1, -0.05) is 48.0 Å². The maximum Gasteiger partial charge on any atom is 0.119 e. The monoisotopic (exact) mass is 468 g/mol. The molecule has 1 fully saturated rings. The van der Waals surface area contributed by atoms with Crippen LogP contribution in [0.25, 0.3) is 11.1 Å². The zero-order valence-electron chi connectivity index (χ0n) is 19.1. The zero-order chi connectivity index (χ0) is 23.5. The molecular formula is C29H25ClN2O2. The van der Waals surface area contributed by atoms with Crippen LogP contribution >= 0.6 is 11.6 Å². The van der Waals surface area contributed by atoms with Crippen molar-refractivity contribution in [3.05, 3.63) is 108 Å². The lowest BCUT2D eigenvalue weighted by atomic mass is 9.92. The van der Waals surface area contributed by atoms with Gasteiger partial charge in [0.1, 0.15) is 17.3 Å². The van der Waals surface area contributed by atoms with E-state index in [-0.39, 0.29) is 6.04 Å². The van der Waals surface area contributed by atoms with Crippen molar-refractivity contribution in [2.75, 3.05) is 19.1 Å². The van der Waals surface area contributed by atoms with Gasteiger partial charge in [0.05, 0.1) is 25.9 Å². The van der Waals surface area contributed by atoms with E-state index in [1.54, 1.807) is 14.2 Å². The highest BCUT2D eigenvalue weighted by Gasteiger charge is 2.36. The van der Waals surface area contributed by atoms with Gasteiger partial charge in [0.2, 0.25) is 0 Å². The van der Waals surface area contributed by atoms with Gasteiger partial charge >= 0.3 is 0 Å². The third-order valence-electron chi connectivity index (χ3n) is 6.12. The van der Waals surface area contributed by atoms with E-state index in [4.69, 9.17) is 26.1 Å². The van der Waals surface area contributed by atoms with Gasteiger partial charge in [-0.2, -0.15) is 0 Å². The minimum atomic E-state index is 0.211. The number of amidine groups is 1. The molecule has 1 atom stereocenters. The van der Waals surface area contributed by atoms with Crippen LogP contribution in [0.5, 0.6) is 11.5 Å². The largest absolute Gasteiger partial charge is 0.497 e. The van der Waals surface area contributed by atoms with Crippen LogP contribution in [0.4, 0.5) is 11.4 Å². The average Bonchev–Trinajstić information content (AvgIpc) is 2.88. The molecule has 1 aliphatic rings. The van der Waals surface area contributed by atoms with Crippen molar-refractivity contribution in [2.24, 2.45) is 4.99 Å². The van der Waals surface area contributed by atoms with Crippen molar-refractivity contribution >= 4 is 28.8 Å². The quantitative estimate of drug-likeness (QED) is 0.290. The number of rotatable bonds is 6. The predicted octanol–water partition coefficient (Wildman–Crippen LogP) is 7.71. The minimum Gasteiger partial charge on any atom is -0.497 e. The Hall–Kier alpha value is -3.76. The Kier molecular flexibility index (Phi) is 6.24. The van der Waals surface area contributed by atoms with Crippen molar-refractivity contribution in [3.8, 4) is 22.6 Å². The summed E-state index contributed by atoms with van der Waals surface area (Å²) in [5.41, 5.74) is 5.52. The molecule has 34 heavy (non-hydrogen) atoms. The second-order valence-corrected chi connectivity index (χ2v) is 8.58. The number of methoxy groups -OCH3 is 2. The van der Waals surface area contributed by atoms with Gasteiger partial charge in [-0.3, -0.25) is 0 Å². The molecule has 0 bridgehead atoms. The van der Waals surface area contributed by atoms with Gasteiger partial charge in [0.25, 0.3) is 0 Å². The number of benzene rings is 4. The number of anilines is 1. The number of halogens is 1. The molecule has 0 saturated carbocycles. The van der Waals surface area contributed by atoms with E-state index in [1.807, 2.05) is 36.4 Å². The van der Waals surface area contributed by atoms with Gasteiger partial charge in [-0.15, -0.1) is 0 Å². The Morgan fingerprint density at radius 1 is 0.706 bits per heavy atom. The molecule has 0 aliphatic carbocycles. The second kappa shape index (κ2) is 9.62. The topological polar surface area (TPSA) is 34.1 Å². The molecule has 1 saturated heterocycles. The van der Waals surface area contributed by atoms with Gasteiger partial charge < -0.3 is 14.4 Å². The molecule has 4 aromatic rings. The van der Waals surface area contributed by atoms with Gasteiger partial charge in [0.15, 0.2) is 0 Å². The van der Waals surface area contributed by atoms with Crippen molar-refractivity contribution in [1.82, 2.24) is 0 Å². The molecular weight excluding hydrogens is 444 g/mol. The lowest BCUT2D eigenvalue weighted by molar-refractivity contribution is 0.414. The normalized spacial score (nSPS) is 16.3. The van der Waals surface area contributed by atoms with E-state index >= 15 is 0 Å². The van der Waals surface area contributed by atoms with Gasteiger partial charge in [-0.05, 0) is 77.4 Å². The lowest BCUT2D eigenvalue weighted by Crippen LogP contribution is -2.46. The fourth-order valence-corrected chi connectivity index (χ4v) is 4.34. The Morgan fingerprint density at radius 2 is 1.24 bits per heavy atom.